The molecule has 0 aromatic heterocycles. The van der Waals surface area contributed by atoms with E-state index in [2.05, 4.69) is 15.4 Å². The fourth-order valence-electron chi connectivity index (χ4n) is 3.32. The van der Waals surface area contributed by atoms with Crippen LogP contribution in [0.2, 0.25) is 5.02 Å². The van der Waals surface area contributed by atoms with Crippen LogP contribution < -0.4 is 14.9 Å². The van der Waals surface area contributed by atoms with Crippen LogP contribution in [0.3, 0.4) is 0 Å². The van der Waals surface area contributed by atoms with Crippen molar-refractivity contribution in [2.24, 2.45) is 5.10 Å². The van der Waals surface area contributed by atoms with E-state index < -0.39 is 0 Å². The molecule has 0 atom stereocenters. The summed E-state index contributed by atoms with van der Waals surface area (Å²) in [5.74, 6) is 1.17. The number of carbonyl (C=O) groups excluding carboxylic acids is 1. The largest absolute Gasteiger partial charge is 0.490 e. The van der Waals surface area contributed by atoms with E-state index in [0.717, 1.165) is 37.1 Å². The molecule has 1 aliphatic rings. The average molecular weight is 430 g/mol. The Bertz CT molecular complexity index is 867. The van der Waals surface area contributed by atoms with Gasteiger partial charge in [-0.2, -0.15) is 5.10 Å². The van der Waals surface area contributed by atoms with Crippen LogP contribution in [0.1, 0.15) is 37.3 Å². The lowest BCUT2D eigenvalue weighted by atomic mass is 10.1. The van der Waals surface area contributed by atoms with Crippen molar-refractivity contribution in [2.75, 3.05) is 26.2 Å². The van der Waals surface area contributed by atoms with Crippen molar-refractivity contribution in [1.29, 1.82) is 0 Å². The maximum atomic E-state index is 12.0. The molecule has 1 saturated heterocycles. The molecular formula is C23H28ClN3O3. The Hall–Kier alpha value is -2.57. The summed E-state index contributed by atoms with van der Waals surface area (Å²) in [7, 11) is 0. The second-order valence-electron chi connectivity index (χ2n) is 7.19. The van der Waals surface area contributed by atoms with Crippen LogP contribution in [0.25, 0.3) is 0 Å². The summed E-state index contributed by atoms with van der Waals surface area (Å²) in [4.78, 5) is 14.2. The zero-order chi connectivity index (χ0) is 21.2. The summed E-state index contributed by atoms with van der Waals surface area (Å²) in [5, 5.41) is 4.75. The van der Waals surface area contributed by atoms with Crippen LogP contribution in [0.15, 0.2) is 47.6 Å². The van der Waals surface area contributed by atoms with E-state index in [1.165, 1.54) is 6.42 Å². The molecule has 0 saturated carbocycles. The molecule has 1 aliphatic heterocycles. The molecular weight excluding hydrogens is 402 g/mol. The Labute approximate surface area is 182 Å². The van der Waals surface area contributed by atoms with Crippen molar-refractivity contribution in [3.63, 3.8) is 0 Å². The SMILES string of the molecule is CCOc1cc(C=NNC(=O)CN2CCCCC2)ccc1OCc1cccc(Cl)c1. The Morgan fingerprint density at radius 3 is 2.73 bits per heavy atom. The van der Waals surface area contributed by atoms with Crippen molar-refractivity contribution in [3.05, 3.63) is 58.6 Å². The average Bonchev–Trinajstić information content (AvgIpc) is 2.74. The first kappa shape index (κ1) is 22.1. The summed E-state index contributed by atoms with van der Waals surface area (Å²) in [6, 6.07) is 13.1. The topological polar surface area (TPSA) is 63.2 Å². The number of benzene rings is 2. The van der Waals surface area contributed by atoms with Crippen LogP contribution in [-0.4, -0.2) is 43.3 Å². The van der Waals surface area contributed by atoms with E-state index in [4.69, 9.17) is 21.1 Å². The van der Waals surface area contributed by atoms with Crippen LogP contribution in [-0.2, 0) is 11.4 Å². The molecule has 0 aliphatic carbocycles. The number of nitrogens with one attached hydrogen (secondary N) is 1. The number of hydrazone groups is 1. The minimum atomic E-state index is -0.0975. The molecule has 1 amide bonds. The minimum Gasteiger partial charge on any atom is -0.490 e. The van der Waals surface area contributed by atoms with E-state index in [1.807, 2.05) is 49.4 Å². The number of carbonyl (C=O) groups is 1. The fraction of sp³-hybridized carbons (Fsp3) is 0.391. The molecule has 1 heterocycles. The van der Waals surface area contributed by atoms with Crippen molar-refractivity contribution >= 4 is 23.7 Å². The van der Waals surface area contributed by atoms with Gasteiger partial charge in [-0.15, -0.1) is 0 Å². The Balaban J connectivity index is 1.56. The predicted octanol–water partition coefficient (Wildman–Crippen LogP) is 4.25. The molecule has 0 spiro atoms. The van der Waals surface area contributed by atoms with E-state index >= 15 is 0 Å². The fourth-order valence-corrected chi connectivity index (χ4v) is 3.53. The van der Waals surface area contributed by atoms with E-state index in [-0.39, 0.29) is 5.91 Å². The molecule has 30 heavy (non-hydrogen) atoms. The number of hydrogen-bond donors (Lipinski definition) is 1. The first-order valence-electron chi connectivity index (χ1n) is 10.3. The molecule has 0 unspecified atom stereocenters. The van der Waals surface area contributed by atoms with E-state index in [0.29, 0.717) is 36.3 Å². The normalized spacial score (nSPS) is 14.6. The smallest absolute Gasteiger partial charge is 0.254 e. The van der Waals surface area contributed by atoms with Crippen LogP contribution in [0.5, 0.6) is 11.5 Å². The standard InChI is InChI=1S/C23H28ClN3O3/c1-2-29-22-14-18(15-25-26-23(28)16-27-11-4-3-5-12-27)9-10-21(22)30-17-19-7-6-8-20(24)13-19/h6-10,13-15H,2-5,11-12,16-17H2,1H3,(H,26,28). The van der Waals surface area contributed by atoms with Gasteiger partial charge in [0.2, 0.25) is 0 Å². The zero-order valence-corrected chi connectivity index (χ0v) is 18.0. The monoisotopic (exact) mass is 429 g/mol. The molecule has 0 bridgehead atoms. The van der Waals surface area contributed by atoms with Crippen LogP contribution >= 0.6 is 11.6 Å². The highest BCUT2D eigenvalue weighted by Crippen LogP contribution is 2.29. The van der Waals surface area contributed by atoms with Gasteiger partial charge in [-0.3, -0.25) is 9.69 Å². The van der Waals surface area contributed by atoms with Crippen LogP contribution in [0.4, 0.5) is 0 Å². The van der Waals surface area contributed by atoms with Gasteiger partial charge in [0.15, 0.2) is 11.5 Å². The Morgan fingerprint density at radius 1 is 1.13 bits per heavy atom. The highest BCUT2D eigenvalue weighted by molar-refractivity contribution is 6.30. The van der Waals surface area contributed by atoms with Gasteiger partial charge in [0.25, 0.3) is 5.91 Å². The molecule has 0 radical (unpaired) electrons. The molecule has 3 rings (SSSR count). The summed E-state index contributed by atoms with van der Waals surface area (Å²) in [5.41, 5.74) is 4.39. The summed E-state index contributed by atoms with van der Waals surface area (Å²) >= 11 is 6.03. The third-order valence-corrected chi connectivity index (χ3v) is 5.00. The van der Waals surface area contributed by atoms with Gasteiger partial charge in [-0.25, -0.2) is 5.43 Å². The number of halogens is 1. The summed E-state index contributed by atoms with van der Waals surface area (Å²) in [6.45, 7) is 5.17. The summed E-state index contributed by atoms with van der Waals surface area (Å²) in [6.07, 6.45) is 5.17. The van der Waals surface area contributed by atoms with E-state index in [1.54, 1.807) is 6.21 Å². The first-order chi connectivity index (χ1) is 14.6. The Morgan fingerprint density at radius 2 is 1.97 bits per heavy atom. The minimum absolute atomic E-state index is 0.0975. The number of piperidine rings is 1. The molecule has 2 aromatic rings. The Kier molecular flexibility index (Phi) is 8.53. The van der Waals surface area contributed by atoms with Gasteiger partial charge in [-0.1, -0.05) is 30.2 Å². The van der Waals surface area contributed by atoms with E-state index in [9.17, 15) is 4.79 Å². The van der Waals surface area contributed by atoms with Crippen molar-refractivity contribution < 1.29 is 14.3 Å². The van der Waals surface area contributed by atoms with Crippen molar-refractivity contribution in [3.8, 4) is 11.5 Å². The highest BCUT2D eigenvalue weighted by Gasteiger charge is 2.13. The number of rotatable bonds is 9. The number of hydrogen-bond acceptors (Lipinski definition) is 5. The first-order valence-corrected chi connectivity index (χ1v) is 10.7. The number of amides is 1. The van der Waals surface area contributed by atoms with Gasteiger partial charge < -0.3 is 9.47 Å². The number of likely N-dealkylation sites (tertiary alicyclic amines) is 1. The summed E-state index contributed by atoms with van der Waals surface area (Å²) < 4.78 is 11.6. The molecule has 1 fully saturated rings. The maximum absolute atomic E-state index is 12.0. The van der Waals surface area contributed by atoms with Gasteiger partial charge in [0.1, 0.15) is 6.61 Å². The lowest BCUT2D eigenvalue weighted by Gasteiger charge is -2.25. The highest BCUT2D eigenvalue weighted by atomic mass is 35.5. The third kappa shape index (κ3) is 7.04. The van der Waals surface area contributed by atoms with Gasteiger partial charge in [0, 0.05) is 5.02 Å². The lowest BCUT2D eigenvalue weighted by Crippen LogP contribution is -2.38. The van der Waals surface area contributed by atoms with Gasteiger partial charge in [0.05, 0.1) is 19.4 Å². The quantitative estimate of drug-likeness (QED) is 0.478. The van der Waals surface area contributed by atoms with Crippen molar-refractivity contribution in [1.82, 2.24) is 10.3 Å². The molecule has 1 N–H and O–H groups in total. The lowest BCUT2D eigenvalue weighted by molar-refractivity contribution is -0.122. The molecule has 7 heteroatoms. The predicted molar refractivity (Wildman–Crippen MR) is 119 cm³/mol. The number of nitrogens with zero attached hydrogens (tertiary/aromatic N) is 2. The third-order valence-electron chi connectivity index (χ3n) is 4.77. The molecule has 6 nitrogen and oxygen atoms in total. The van der Waals surface area contributed by atoms with Crippen molar-refractivity contribution in [2.45, 2.75) is 32.8 Å². The molecule has 160 valence electrons. The zero-order valence-electron chi connectivity index (χ0n) is 17.3. The molecule has 2 aromatic carbocycles. The second-order valence-corrected chi connectivity index (χ2v) is 7.62. The van der Waals surface area contributed by atoms with Crippen LogP contribution in [0, 0.1) is 0 Å². The maximum Gasteiger partial charge on any atom is 0.254 e. The number of ether oxygens (including phenoxy) is 2. The van der Waals surface area contributed by atoms with Gasteiger partial charge in [-0.05, 0) is 74.3 Å². The van der Waals surface area contributed by atoms with Gasteiger partial charge >= 0.3 is 0 Å². The second kappa shape index (κ2) is 11.6.